The molecule has 0 fully saturated rings. The second-order valence-electron chi connectivity index (χ2n) is 4.40. The third-order valence-corrected chi connectivity index (χ3v) is 4.13. The van der Waals surface area contributed by atoms with Crippen molar-refractivity contribution in [1.82, 2.24) is 15.1 Å². The molecule has 0 atom stereocenters. The summed E-state index contributed by atoms with van der Waals surface area (Å²) in [6, 6.07) is 16.1. The molecule has 102 valence electrons. The molecule has 0 bridgehead atoms. The van der Waals surface area contributed by atoms with E-state index >= 15 is 0 Å². The van der Waals surface area contributed by atoms with Crippen LogP contribution in [0.15, 0.2) is 54.7 Å². The molecule has 5 heteroatoms. The first kappa shape index (κ1) is 13.4. The molecule has 0 aliphatic rings. The molecule has 1 aromatic carbocycles. The average molecular weight is 304 g/mol. The van der Waals surface area contributed by atoms with Crippen molar-refractivity contribution in [1.29, 1.82) is 0 Å². The van der Waals surface area contributed by atoms with E-state index in [9.17, 15) is 0 Å². The van der Waals surface area contributed by atoms with Gasteiger partial charge in [-0.3, -0.25) is 0 Å². The SMILES string of the molecule is Clc1ccc(CNCc2ccn(-c3ccccc3)n2)s1. The lowest BCUT2D eigenvalue weighted by Crippen LogP contribution is -2.12. The van der Waals surface area contributed by atoms with Crippen LogP contribution in [0.2, 0.25) is 4.34 Å². The van der Waals surface area contributed by atoms with Gasteiger partial charge in [-0.05, 0) is 30.3 Å². The molecular formula is C15H14ClN3S. The summed E-state index contributed by atoms with van der Waals surface area (Å²) >= 11 is 7.50. The van der Waals surface area contributed by atoms with Crippen molar-refractivity contribution in [2.75, 3.05) is 0 Å². The number of nitrogens with one attached hydrogen (secondary N) is 1. The van der Waals surface area contributed by atoms with Gasteiger partial charge in [0, 0.05) is 24.2 Å². The second kappa shape index (κ2) is 6.22. The zero-order valence-corrected chi connectivity index (χ0v) is 12.4. The van der Waals surface area contributed by atoms with E-state index in [1.807, 2.05) is 59.4 Å². The van der Waals surface area contributed by atoms with Crippen LogP contribution in [0.25, 0.3) is 5.69 Å². The Kier molecular flexibility index (Phi) is 4.16. The maximum absolute atomic E-state index is 5.90. The van der Waals surface area contributed by atoms with Crippen LogP contribution in [0.5, 0.6) is 0 Å². The van der Waals surface area contributed by atoms with Gasteiger partial charge in [0.2, 0.25) is 0 Å². The molecule has 0 amide bonds. The summed E-state index contributed by atoms with van der Waals surface area (Å²) in [6.07, 6.45) is 1.98. The van der Waals surface area contributed by atoms with E-state index in [1.165, 1.54) is 4.88 Å². The van der Waals surface area contributed by atoms with Gasteiger partial charge in [0.05, 0.1) is 15.7 Å². The van der Waals surface area contributed by atoms with Gasteiger partial charge < -0.3 is 5.32 Å². The van der Waals surface area contributed by atoms with E-state index < -0.39 is 0 Å². The highest BCUT2D eigenvalue weighted by atomic mass is 35.5. The highest BCUT2D eigenvalue weighted by Gasteiger charge is 2.02. The number of rotatable bonds is 5. The molecule has 0 saturated carbocycles. The molecule has 3 aromatic rings. The summed E-state index contributed by atoms with van der Waals surface area (Å²) in [7, 11) is 0. The van der Waals surface area contributed by atoms with Gasteiger partial charge in [0.25, 0.3) is 0 Å². The van der Waals surface area contributed by atoms with Crippen LogP contribution >= 0.6 is 22.9 Å². The Hall–Kier alpha value is -1.62. The number of halogens is 1. The van der Waals surface area contributed by atoms with Gasteiger partial charge in [-0.15, -0.1) is 11.3 Å². The lowest BCUT2D eigenvalue weighted by Gasteiger charge is -2.01. The maximum Gasteiger partial charge on any atom is 0.0931 e. The monoisotopic (exact) mass is 303 g/mol. The van der Waals surface area contributed by atoms with Crippen LogP contribution in [0.4, 0.5) is 0 Å². The Morgan fingerprint density at radius 1 is 1.05 bits per heavy atom. The van der Waals surface area contributed by atoms with Crippen molar-refractivity contribution in [3.63, 3.8) is 0 Å². The summed E-state index contributed by atoms with van der Waals surface area (Å²) in [5, 5.41) is 7.92. The molecule has 1 N–H and O–H groups in total. The summed E-state index contributed by atoms with van der Waals surface area (Å²) in [6.45, 7) is 1.56. The summed E-state index contributed by atoms with van der Waals surface area (Å²) in [5.74, 6) is 0. The number of aromatic nitrogens is 2. The van der Waals surface area contributed by atoms with Crippen LogP contribution in [0.1, 0.15) is 10.6 Å². The average Bonchev–Trinajstić information content (AvgIpc) is 3.09. The van der Waals surface area contributed by atoms with Crippen molar-refractivity contribution in [2.45, 2.75) is 13.1 Å². The molecule has 0 radical (unpaired) electrons. The van der Waals surface area contributed by atoms with E-state index in [0.29, 0.717) is 0 Å². The highest BCUT2D eigenvalue weighted by molar-refractivity contribution is 7.16. The molecule has 3 nitrogen and oxygen atoms in total. The lowest BCUT2D eigenvalue weighted by atomic mass is 10.3. The predicted octanol–water partition coefficient (Wildman–Crippen LogP) is 3.88. The molecule has 0 saturated heterocycles. The molecular weight excluding hydrogens is 290 g/mol. The van der Waals surface area contributed by atoms with E-state index in [2.05, 4.69) is 10.4 Å². The minimum Gasteiger partial charge on any atom is -0.306 e. The minimum atomic E-state index is 0.745. The summed E-state index contributed by atoms with van der Waals surface area (Å²) in [4.78, 5) is 1.23. The number of benzene rings is 1. The van der Waals surface area contributed by atoms with Gasteiger partial charge in [-0.2, -0.15) is 5.10 Å². The summed E-state index contributed by atoms with van der Waals surface area (Å²) in [5.41, 5.74) is 2.10. The molecule has 3 rings (SSSR count). The summed E-state index contributed by atoms with van der Waals surface area (Å²) < 4.78 is 2.72. The van der Waals surface area contributed by atoms with Crippen LogP contribution < -0.4 is 5.32 Å². The van der Waals surface area contributed by atoms with E-state index in [4.69, 9.17) is 11.6 Å². The normalized spacial score (nSPS) is 10.8. The van der Waals surface area contributed by atoms with Gasteiger partial charge in [-0.1, -0.05) is 29.8 Å². The Morgan fingerprint density at radius 3 is 2.65 bits per heavy atom. The topological polar surface area (TPSA) is 29.9 Å². The first-order chi connectivity index (χ1) is 9.81. The molecule has 20 heavy (non-hydrogen) atoms. The number of para-hydroxylation sites is 1. The van der Waals surface area contributed by atoms with Gasteiger partial charge in [0.1, 0.15) is 0 Å². The fourth-order valence-electron chi connectivity index (χ4n) is 1.94. The fraction of sp³-hybridized carbons (Fsp3) is 0.133. The number of hydrogen-bond donors (Lipinski definition) is 1. The second-order valence-corrected chi connectivity index (χ2v) is 6.20. The predicted molar refractivity (Wildman–Crippen MR) is 83.4 cm³/mol. The third kappa shape index (κ3) is 3.28. The van der Waals surface area contributed by atoms with Crippen molar-refractivity contribution < 1.29 is 0 Å². The smallest absolute Gasteiger partial charge is 0.0931 e. The molecule has 2 heterocycles. The van der Waals surface area contributed by atoms with Gasteiger partial charge in [0.15, 0.2) is 0 Å². The van der Waals surface area contributed by atoms with Crippen LogP contribution in [-0.4, -0.2) is 9.78 Å². The van der Waals surface area contributed by atoms with Crippen molar-refractivity contribution >= 4 is 22.9 Å². The Balaban J connectivity index is 1.58. The van der Waals surface area contributed by atoms with Gasteiger partial charge >= 0.3 is 0 Å². The van der Waals surface area contributed by atoms with E-state index in [1.54, 1.807) is 11.3 Å². The molecule has 0 spiro atoms. The highest BCUT2D eigenvalue weighted by Crippen LogP contribution is 2.21. The fourth-order valence-corrected chi connectivity index (χ4v) is 3.00. The lowest BCUT2D eigenvalue weighted by molar-refractivity contribution is 0.675. The Bertz CT molecular complexity index is 675. The van der Waals surface area contributed by atoms with Crippen LogP contribution in [0.3, 0.4) is 0 Å². The molecule has 0 aliphatic heterocycles. The van der Waals surface area contributed by atoms with Crippen molar-refractivity contribution in [3.05, 3.63) is 69.6 Å². The maximum atomic E-state index is 5.90. The van der Waals surface area contributed by atoms with Crippen LogP contribution in [0, 0.1) is 0 Å². The first-order valence-corrected chi connectivity index (χ1v) is 7.55. The van der Waals surface area contributed by atoms with E-state index in [-0.39, 0.29) is 0 Å². The Labute approximate surface area is 126 Å². The Morgan fingerprint density at radius 2 is 1.90 bits per heavy atom. The molecule has 0 aliphatic carbocycles. The quantitative estimate of drug-likeness (QED) is 0.775. The van der Waals surface area contributed by atoms with Gasteiger partial charge in [-0.25, -0.2) is 4.68 Å². The van der Waals surface area contributed by atoms with Crippen molar-refractivity contribution in [3.8, 4) is 5.69 Å². The zero-order chi connectivity index (χ0) is 13.8. The largest absolute Gasteiger partial charge is 0.306 e. The van der Waals surface area contributed by atoms with Crippen LogP contribution in [-0.2, 0) is 13.1 Å². The minimum absolute atomic E-state index is 0.745. The first-order valence-electron chi connectivity index (χ1n) is 6.36. The van der Waals surface area contributed by atoms with Crippen molar-refractivity contribution in [2.24, 2.45) is 0 Å². The zero-order valence-electron chi connectivity index (χ0n) is 10.8. The number of thiophene rings is 1. The number of hydrogen-bond acceptors (Lipinski definition) is 3. The number of nitrogens with zero attached hydrogens (tertiary/aromatic N) is 2. The molecule has 0 unspecified atom stereocenters. The molecule has 2 aromatic heterocycles. The standard InChI is InChI=1S/C15H14ClN3S/c16-15-7-6-14(20-15)11-17-10-12-8-9-19(18-12)13-4-2-1-3-5-13/h1-9,17H,10-11H2. The van der Waals surface area contributed by atoms with E-state index in [0.717, 1.165) is 28.8 Å². The third-order valence-electron chi connectivity index (χ3n) is 2.90.